The Kier molecular flexibility index (Phi) is 6.12. The molecule has 3 rings (SSSR count). The summed E-state index contributed by atoms with van der Waals surface area (Å²) in [7, 11) is 3.84. The number of urea groups is 1. The first-order chi connectivity index (χ1) is 12.7. The molecule has 0 radical (unpaired) electrons. The molecule has 2 N–H and O–H groups in total. The van der Waals surface area contributed by atoms with Gasteiger partial charge in [0.1, 0.15) is 5.75 Å². The quantitative estimate of drug-likeness (QED) is 0.857. The van der Waals surface area contributed by atoms with Gasteiger partial charge in [-0.1, -0.05) is 30.3 Å². The first-order valence-corrected chi connectivity index (χ1v) is 9.11. The molecule has 0 saturated carbocycles. The number of piperidine rings is 1. The van der Waals surface area contributed by atoms with Crippen LogP contribution in [0.15, 0.2) is 54.6 Å². The van der Waals surface area contributed by atoms with E-state index in [0.29, 0.717) is 18.5 Å². The topological polar surface area (TPSA) is 53.6 Å². The number of benzene rings is 2. The summed E-state index contributed by atoms with van der Waals surface area (Å²) >= 11 is 0. The predicted octanol–water partition coefficient (Wildman–Crippen LogP) is 3.90. The monoisotopic (exact) mass is 353 g/mol. The number of para-hydroxylation sites is 1. The van der Waals surface area contributed by atoms with Gasteiger partial charge in [0.2, 0.25) is 0 Å². The minimum absolute atomic E-state index is 0.155. The van der Waals surface area contributed by atoms with E-state index in [1.54, 1.807) is 7.11 Å². The van der Waals surface area contributed by atoms with E-state index in [-0.39, 0.29) is 6.03 Å². The number of likely N-dealkylation sites (tertiary alicyclic amines) is 1. The van der Waals surface area contributed by atoms with Crippen LogP contribution in [0.1, 0.15) is 24.4 Å². The van der Waals surface area contributed by atoms with E-state index in [4.69, 9.17) is 4.74 Å². The van der Waals surface area contributed by atoms with Gasteiger partial charge in [0.05, 0.1) is 7.11 Å². The predicted molar refractivity (Wildman–Crippen MR) is 105 cm³/mol. The van der Waals surface area contributed by atoms with Gasteiger partial charge >= 0.3 is 6.03 Å². The minimum Gasteiger partial charge on any atom is -0.497 e. The first-order valence-electron chi connectivity index (χ1n) is 9.11. The molecule has 1 fully saturated rings. The van der Waals surface area contributed by atoms with Crippen molar-refractivity contribution in [3.8, 4) is 5.75 Å². The third kappa shape index (κ3) is 4.55. The van der Waals surface area contributed by atoms with Crippen molar-refractivity contribution in [1.82, 2.24) is 10.2 Å². The molecule has 0 spiro atoms. The normalized spacial score (nSPS) is 20.4. The lowest BCUT2D eigenvalue weighted by Gasteiger charge is -2.39. The van der Waals surface area contributed by atoms with E-state index in [0.717, 1.165) is 30.8 Å². The average Bonchev–Trinajstić information content (AvgIpc) is 2.67. The SMILES string of the molecule is COc1ccc(C2C(CNC(=O)Nc3ccccc3)CCCN2C)cc1. The molecule has 138 valence electrons. The second-order valence-electron chi connectivity index (χ2n) is 6.80. The van der Waals surface area contributed by atoms with Gasteiger partial charge in [0.15, 0.2) is 0 Å². The highest BCUT2D eigenvalue weighted by Gasteiger charge is 2.30. The van der Waals surface area contributed by atoms with Crippen LogP contribution in [0.4, 0.5) is 10.5 Å². The summed E-state index contributed by atoms with van der Waals surface area (Å²) in [6.07, 6.45) is 2.25. The van der Waals surface area contributed by atoms with Gasteiger partial charge in [-0.3, -0.25) is 4.90 Å². The van der Waals surface area contributed by atoms with E-state index < -0.39 is 0 Å². The Hall–Kier alpha value is -2.53. The molecular formula is C21H27N3O2. The van der Waals surface area contributed by atoms with Crippen molar-refractivity contribution >= 4 is 11.7 Å². The molecule has 0 aromatic heterocycles. The molecule has 2 aromatic rings. The Morgan fingerprint density at radius 1 is 1.15 bits per heavy atom. The molecule has 0 bridgehead atoms. The van der Waals surface area contributed by atoms with E-state index >= 15 is 0 Å². The molecule has 2 amide bonds. The number of nitrogens with zero attached hydrogens (tertiary/aromatic N) is 1. The molecule has 2 unspecified atom stereocenters. The van der Waals surface area contributed by atoms with E-state index in [1.807, 2.05) is 42.5 Å². The molecule has 5 nitrogen and oxygen atoms in total. The highest BCUT2D eigenvalue weighted by Crippen LogP contribution is 2.35. The van der Waals surface area contributed by atoms with Crippen LogP contribution in [0.3, 0.4) is 0 Å². The molecule has 0 aliphatic carbocycles. The summed E-state index contributed by atoms with van der Waals surface area (Å²) in [5.41, 5.74) is 2.07. The van der Waals surface area contributed by atoms with Crippen LogP contribution in [-0.2, 0) is 0 Å². The van der Waals surface area contributed by atoms with Crippen LogP contribution in [0.25, 0.3) is 0 Å². The van der Waals surface area contributed by atoms with E-state index in [9.17, 15) is 4.79 Å². The van der Waals surface area contributed by atoms with Gasteiger partial charge in [-0.05, 0) is 62.2 Å². The molecule has 1 saturated heterocycles. The number of carbonyl (C=O) groups is 1. The molecule has 5 heteroatoms. The highest BCUT2D eigenvalue weighted by molar-refractivity contribution is 5.89. The van der Waals surface area contributed by atoms with Gasteiger partial charge < -0.3 is 15.4 Å². The van der Waals surface area contributed by atoms with Crippen molar-refractivity contribution in [3.63, 3.8) is 0 Å². The Labute approximate surface area is 155 Å². The molecule has 1 aliphatic heterocycles. The fourth-order valence-electron chi connectivity index (χ4n) is 3.72. The molecule has 1 aliphatic rings. The number of ether oxygens (including phenoxy) is 1. The van der Waals surface area contributed by atoms with Gasteiger partial charge in [-0.15, -0.1) is 0 Å². The van der Waals surface area contributed by atoms with Crippen LogP contribution in [0, 0.1) is 5.92 Å². The Morgan fingerprint density at radius 3 is 2.58 bits per heavy atom. The smallest absolute Gasteiger partial charge is 0.319 e. The summed E-state index contributed by atoms with van der Waals surface area (Å²) < 4.78 is 5.27. The minimum atomic E-state index is -0.155. The van der Waals surface area contributed by atoms with Gasteiger partial charge in [-0.25, -0.2) is 4.79 Å². The van der Waals surface area contributed by atoms with Crippen LogP contribution in [0.5, 0.6) is 5.75 Å². The van der Waals surface area contributed by atoms with Crippen molar-refractivity contribution in [1.29, 1.82) is 0 Å². The maximum Gasteiger partial charge on any atom is 0.319 e. The third-order valence-electron chi connectivity index (χ3n) is 5.02. The number of methoxy groups -OCH3 is 1. The largest absolute Gasteiger partial charge is 0.497 e. The van der Waals surface area contributed by atoms with E-state index in [1.165, 1.54) is 5.56 Å². The number of hydrogen-bond donors (Lipinski definition) is 2. The van der Waals surface area contributed by atoms with Gasteiger partial charge in [-0.2, -0.15) is 0 Å². The lowest BCUT2D eigenvalue weighted by Crippen LogP contribution is -2.42. The zero-order valence-electron chi connectivity index (χ0n) is 15.4. The van der Waals surface area contributed by atoms with E-state index in [2.05, 4.69) is 34.7 Å². The van der Waals surface area contributed by atoms with Crippen molar-refractivity contribution in [3.05, 3.63) is 60.2 Å². The summed E-state index contributed by atoms with van der Waals surface area (Å²) in [6, 6.07) is 17.9. The summed E-state index contributed by atoms with van der Waals surface area (Å²) in [4.78, 5) is 14.6. The number of anilines is 1. The maximum absolute atomic E-state index is 12.2. The molecule has 1 heterocycles. The number of nitrogens with one attached hydrogen (secondary N) is 2. The fraction of sp³-hybridized carbons (Fsp3) is 0.381. The average molecular weight is 353 g/mol. The van der Waals surface area contributed by atoms with Crippen molar-refractivity contribution in [2.75, 3.05) is 32.6 Å². The Bertz CT molecular complexity index is 703. The van der Waals surface area contributed by atoms with Crippen LogP contribution < -0.4 is 15.4 Å². The van der Waals surface area contributed by atoms with Crippen LogP contribution in [-0.4, -0.2) is 38.2 Å². The lowest BCUT2D eigenvalue weighted by molar-refractivity contribution is 0.121. The van der Waals surface area contributed by atoms with Gasteiger partial charge in [0.25, 0.3) is 0 Å². The van der Waals surface area contributed by atoms with Crippen molar-refractivity contribution in [2.24, 2.45) is 5.92 Å². The van der Waals surface area contributed by atoms with Crippen molar-refractivity contribution < 1.29 is 9.53 Å². The number of amides is 2. The molecule has 2 aromatic carbocycles. The highest BCUT2D eigenvalue weighted by atomic mass is 16.5. The third-order valence-corrected chi connectivity index (χ3v) is 5.02. The summed E-state index contributed by atoms with van der Waals surface area (Å²) in [5, 5.41) is 5.92. The zero-order valence-corrected chi connectivity index (χ0v) is 15.4. The second kappa shape index (κ2) is 8.72. The summed E-state index contributed by atoms with van der Waals surface area (Å²) in [5.74, 6) is 1.24. The number of rotatable bonds is 5. The van der Waals surface area contributed by atoms with Crippen molar-refractivity contribution in [2.45, 2.75) is 18.9 Å². The van der Waals surface area contributed by atoms with Gasteiger partial charge in [0, 0.05) is 18.3 Å². The number of hydrogen-bond acceptors (Lipinski definition) is 3. The number of carbonyl (C=O) groups excluding carboxylic acids is 1. The Morgan fingerprint density at radius 2 is 1.88 bits per heavy atom. The maximum atomic E-state index is 12.2. The standard InChI is InChI=1S/C21H27N3O2/c1-24-14-6-7-17(20(24)16-10-12-19(26-2)13-11-16)15-22-21(25)23-18-8-4-3-5-9-18/h3-5,8-13,17,20H,6-7,14-15H2,1-2H3,(H2,22,23,25). The Balaban J connectivity index is 1.63. The van der Waals surface area contributed by atoms with Crippen LogP contribution >= 0.6 is 0 Å². The second-order valence-corrected chi connectivity index (χ2v) is 6.80. The van der Waals surface area contributed by atoms with Crippen LogP contribution in [0.2, 0.25) is 0 Å². The molecule has 2 atom stereocenters. The molecule has 26 heavy (non-hydrogen) atoms. The lowest BCUT2D eigenvalue weighted by atomic mass is 9.85. The molecular weight excluding hydrogens is 326 g/mol. The first kappa shape index (κ1) is 18.3. The zero-order chi connectivity index (χ0) is 18.4. The summed E-state index contributed by atoms with van der Waals surface area (Å²) in [6.45, 7) is 1.73. The fourth-order valence-corrected chi connectivity index (χ4v) is 3.72.